The third kappa shape index (κ3) is 2.84. The minimum atomic E-state index is -0.941. The average Bonchev–Trinajstić information content (AvgIpc) is 2.41. The number of benzene rings is 1. The SMILES string of the molecule is Cl.N[C@@H](Cc1ccccc1)C(=O)NC12CC(C1)C(=O)NC2=O. The maximum absolute atomic E-state index is 12.2. The van der Waals surface area contributed by atoms with E-state index < -0.39 is 17.5 Å². The lowest BCUT2D eigenvalue weighted by atomic mass is 9.64. The van der Waals surface area contributed by atoms with Crippen LogP contribution in [-0.2, 0) is 20.8 Å². The van der Waals surface area contributed by atoms with Crippen molar-refractivity contribution in [1.82, 2.24) is 10.6 Å². The number of hydrogen-bond donors (Lipinski definition) is 3. The summed E-state index contributed by atoms with van der Waals surface area (Å²) in [4.78, 5) is 35.4. The summed E-state index contributed by atoms with van der Waals surface area (Å²) >= 11 is 0. The summed E-state index contributed by atoms with van der Waals surface area (Å²) in [6.07, 6.45) is 1.16. The van der Waals surface area contributed by atoms with Crippen molar-refractivity contribution >= 4 is 30.1 Å². The van der Waals surface area contributed by atoms with Crippen molar-refractivity contribution in [1.29, 1.82) is 0 Å². The van der Waals surface area contributed by atoms with Crippen LogP contribution >= 0.6 is 12.4 Å². The molecule has 6 nitrogen and oxygen atoms in total. The second kappa shape index (κ2) is 6.06. The van der Waals surface area contributed by atoms with Crippen LogP contribution in [0, 0.1) is 5.92 Å². The van der Waals surface area contributed by atoms with Crippen LogP contribution in [0.2, 0.25) is 0 Å². The lowest BCUT2D eigenvalue weighted by Gasteiger charge is -2.49. The van der Waals surface area contributed by atoms with Crippen LogP contribution in [0.25, 0.3) is 0 Å². The molecule has 3 amide bonds. The number of piperidine rings is 2. The molecule has 0 unspecified atom stereocenters. The Bertz CT molecular complexity index is 599. The molecular weight excluding hydrogens is 306 g/mol. The smallest absolute Gasteiger partial charge is 0.252 e. The van der Waals surface area contributed by atoms with E-state index in [1.165, 1.54) is 0 Å². The first-order chi connectivity index (χ1) is 10.00. The zero-order valence-corrected chi connectivity index (χ0v) is 12.7. The molecular formula is C15H18ClN3O3. The second-order valence-electron chi connectivity index (χ2n) is 5.79. The molecule has 1 atom stereocenters. The third-order valence-electron chi connectivity index (χ3n) is 4.23. The van der Waals surface area contributed by atoms with Gasteiger partial charge in [0, 0.05) is 5.92 Å². The summed E-state index contributed by atoms with van der Waals surface area (Å²) in [6, 6.07) is 8.75. The number of nitrogens with one attached hydrogen (secondary N) is 2. The summed E-state index contributed by atoms with van der Waals surface area (Å²) in [7, 11) is 0. The van der Waals surface area contributed by atoms with Crippen molar-refractivity contribution in [2.75, 3.05) is 0 Å². The van der Waals surface area contributed by atoms with Gasteiger partial charge in [-0.2, -0.15) is 0 Å². The van der Waals surface area contributed by atoms with Crippen LogP contribution in [0.5, 0.6) is 0 Å². The quantitative estimate of drug-likeness (QED) is 0.673. The van der Waals surface area contributed by atoms with E-state index in [-0.39, 0.29) is 30.1 Å². The highest BCUT2D eigenvalue weighted by molar-refractivity contribution is 6.08. The molecule has 22 heavy (non-hydrogen) atoms. The minimum absolute atomic E-state index is 0. The second-order valence-corrected chi connectivity index (χ2v) is 5.79. The Morgan fingerprint density at radius 1 is 1.32 bits per heavy atom. The van der Waals surface area contributed by atoms with Crippen molar-refractivity contribution in [3.8, 4) is 0 Å². The van der Waals surface area contributed by atoms with Gasteiger partial charge in [-0.1, -0.05) is 30.3 Å². The molecule has 2 aliphatic heterocycles. The van der Waals surface area contributed by atoms with Gasteiger partial charge in [0.05, 0.1) is 6.04 Å². The topological polar surface area (TPSA) is 101 Å². The van der Waals surface area contributed by atoms with Gasteiger partial charge >= 0.3 is 0 Å². The highest BCUT2D eigenvalue weighted by Gasteiger charge is 2.58. The Balaban J connectivity index is 0.00000176. The van der Waals surface area contributed by atoms with Gasteiger partial charge in [0.15, 0.2) is 0 Å². The van der Waals surface area contributed by atoms with Crippen molar-refractivity contribution in [2.24, 2.45) is 11.7 Å². The van der Waals surface area contributed by atoms with Crippen LogP contribution < -0.4 is 16.4 Å². The predicted molar refractivity (Wildman–Crippen MR) is 82.1 cm³/mol. The van der Waals surface area contributed by atoms with Crippen molar-refractivity contribution in [2.45, 2.75) is 30.8 Å². The molecule has 4 rings (SSSR count). The number of imide groups is 1. The van der Waals surface area contributed by atoms with E-state index in [2.05, 4.69) is 10.6 Å². The summed E-state index contributed by atoms with van der Waals surface area (Å²) in [5, 5.41) is 5.00. The van der Waals surface area contributed by atoms with E-state index in [1.807, 2.05) is 30.3 Å². The van der Waals surface area contributed by atoms with Crippen LogP contribution in [0.4, 0.5) is 0 Å². The lowest BCUT2D eigenvalue weighted by molar-refractivity contribution is -0.155. The van der Waals surface area contributed by atoms with Gasteiger partial charge in [0.25, 0.3) is 5.91 Å². The molecule has 7 heteroatoms. The average molecular weight is 324 g/mol. The monoisotopic (exact) mass is 323 g/mol. The van der Waals surface area contributed by atoms with Gasteiger partial charge < -0.3 is 11.1 Å². The number of amides is 3. The summed E-state index contributed by atoms with van der Waals surface area (Å²) < 4.78 is 0. The zero-order valence-electron chi connectivity index (χ0n) is 11.9. The maximum atomic E-state index is 12.2. The summed E-state index contributed by atoms with van der Waals surface area (Å²) in [5.41, 5.74) is 5.93. The highest BCUT2D eigenvalue weighted by Crippen LogP contribution is 2.41. The summed E-state index contributed by atoms with van der Waals surface area (Å²) in [5.74, 6) is -1.20. The molecule has 0 spiro atoms. The maximum Gasteiger partial charge on any atom is 0.252 e. The Morgan fingerprint density at radius 2 is 1.95 bits per heavy atom. The highest BCUT2D eigenvalue weighted by atomic mass is 35.5. The fourth-order valence-corrected chi connectivity index (χ4v) is 2.93. The number of nitrogens with two attached hydrogens (primary N) is 1. The third-order valence-corrected chi connectivity index (χ3v) is 4.23. The number of carbonyl (C=O) groups is 3. The van der Waals surface area contributed by atoms with Crippen LogP contribution in [0.15, 0.2) is 30.3 Å². The Labute approximate surface area is 134 Å². The van der Waals surface area contributed by atoms with E-state index in [0.717, 1.165) is 5.56 Å². The standard InChI is InChI=1S/C15H17N3O3.ClH/c16-11(6-9-4-2-1-3-5-9)13(20)18-15-7-10(8-15)12(19)17-14(15)21;/h1-5,10-11H,6-8,16H2,(H,18,20)(H,17,19,21);1H/t10?,11-,15?;/m0./s1. The van der Waals surface area contributed by atoms with Gasteiger partial charge in [-0.15, -0.1) is 12.4 Å². The number of carbonyl (C=O) groups excluding carboxylic acids is 3. The van der Waals surface area contributed by atoms with Gasteiger partial charge in [-0.3, -0.25) is 19.7 Å². The first-order valence-corrected chi connectivity index (χ1v) is 6.97. The molecule has 3 aliphatic rings. The van der Waals surface area contributed by atoms with Gasteiger partial charge in [0.2, 0.25) is 11.8 Å². The Hall–Kier alpha value is -1.92. The van der Waals surface area contributed by atoms with E-state index in [4.69, 9.17) is 5.73 Å². The van der Waals surface area contributed by atoms with Crippen LogP contribution in [0.1, 0.15) is 18.4 Å². The first-order valence-electron chi connectivity index (χ1n) is 6.97. The largest absolute Gasteiger partial charge is 0.340 e. The molecule has 2 heterocycles. The number of halogens is 1. The number of fused-ring (bicyclic) bond motifs is 2. The fourth-order valence-electron chi connectivity index (χ4n) is 2.93. The molecule has 1 aromatic rings. The summed E-state index contributed by atoms with van der Waals surface area (Å²) in [6.45, 7) is 0. The van der Waals surface area contributed by atoms with E-state index >= 15 is 0 Å². The van der Waals surface area contributed by atoms with Gasteiger partial charge in [-0.25, -0.2) is 0 Å². The minimum Gasteiger partial charge on any atom is -0.340 e. The zero-order chi connectivity index (χ0) is 15.0. The predicted octanol–water partition coefficient (Wildman–Crippen LogP) is -0.100. The Morgan fingerprint density at radius 3 is 2.55 bits per heavy atom. The molecule has 1 aromatic carbocycles. The molecule has 3 fully saturated rings. The molecule has 118 valence electrons. The molecule has 0 aromatic heterocycles. The van der Waals surface area contributed by atoms with E-state index in [1.54, 1.807) is 0 Å². The van der Waals surface area contributed by atoms with Crippen molar-refractivity contribution in [3.05, 3.63) is 35.9 Å². The lowest BCUT2D eigenvalue weighted by Crippen LogP contribution is -2.74. The van der Waals surface area contributed by atoms with Crippen molar-refractivity contribution in [3.63, 3.8) is 0 Å². The molecule has 2 saturated heterocycles. The van der Waals surface area contributed by atoms with Crippen LogP contribution in [0.3, 0.4) is 0 Å². The fraction of sp³-hybridized carbons (Fsp3) is 0.400. The normalized spacial score (nSPS) is 27.0. The van der Waals surface area contributed by atoms with Gasteiger partial charge in [0.1, 0.15) is 5.54 Å². The van der Waals surface area contributed by atoms with Crippen LogP contribution in [-0.4, -0.2) is 29.3 Å². The molecule has 1 saturated carbocycles. The Kier molecular flexibility index (Phi) is 4.53. The van der Waals surface area contributed by atoms with Gasteiger partial charge in [-0.05, 0) is 24.8 Å². The first kappa shape index (κ1) is 16.5. The van der Waals surface area contributed by atoms with E-state index in [0.29, 0.717) is 19.3 Å². The molecule has 2 bridgehead atoms. The number of hydrogen-bond acceptors (Lipinski definition) is 4. The molecule has 1 aliphatic carbocycles. The number of rotatable bonds is 4. The molecule has 4 N–H and O–H groups in total. The van der Waals surface area contributed by atoms with E-state index in [9.17, 15) is 14.4 Å². The molecule has 0 radical (unpaired) electrons. The van der Waals surface area contributed by atoms with Crippen molar-refractivity contribution < 1.29 is 14.4 Å².